The first-order chi connectivity index (χ1) is 14.7. The van der Waals surface area contributed by atoms with Gasteiger partial charge < -0.3 is 5.32 Å². The number of rotatable bonds is 7. The van der Waals surface area contributed by atoms with Crippen LogP contribution in [0.2, 0.25) is 5.02 Å². The summed E-state index contributed by atoms with van der Waals surface area (Å²) in [5.41, 5.74) is 0.557. The monoisotopic (exact) mass is 459 g/mol. The Balaban J connectivity index is 1.76. The van der Waals surface area contributed by atoms with E-state index in [2.05, 4.69) is 5.32 Å². The number of anilines is 1. The molecule has 0 heterocycles. The molecule has 1 N–H and O–H groups in total. The fourth-order valence-electron chi connectivity index (χ4n) is 2.86. The average molecular weight is 460 g/mol. The number of benzene rings is 3. The Labute approximate surface area is 184 Å². The number of amides is 1. The van der Waals surface area contributed by atoms with Crippen molar-refractivity contribution in [3.05, 3.63) is 99.1 Å². The standard InChI is InChI=1S/C21H18ClN3O5S/c1-24(14-15-5-3-2-4-6-15)31(29,30)18-10-8-17(9-11-18)23-21(26)19-12-7-16(22)13-20(19)25(27)28/h2-13H,14H2,1H3,(H,23,26). The molecule has 0 bridgehead atoms. The number of carbonyl (C=O) groups is 1. The predicted molar refractivity (Wildman–Crippen MR) is 118 cm³/mol. The SMILES string of the molecule is CN(Cc1ccccc1)S(=O)(=O)c1ccc(NC(=O)c2ccc(Cl)cc2[N+](=O)[O-])cc1. The molecule has 0 aliphatic rings. The van der Waals surface area contributed by atoms with E-state index in [1.807, 2.05) is 30.3 Å². The maximum atomic E-state index is 12.8. The second kappa shape index (κ2) is 9.25. The van der Waals surface area contributed by atoms with Crippen molar-refractivity contribution in [2.24, 2.45) is 0 Å². The summed E-state index contributed by atoms with van der Waals surface area (Å²) in [7, 11) is -2.26. The van der Waals surface area contributed by atoms with E-state index in [0.717, 1.165) is 11.6 Å². The molecular weight excluding hydrogens is 442 g/mol. The van der Waals surface area contributed by atoms with Crippen LogP contribution in [0.4, 0.5) is 11.4 Å². The Bertz CT molecular complexity index is 1220. The minimum absolute atomic E-state index is 0.0569. The lowest BCUT2D eigenvalue weighted by Gasteiger charge is -2.17. The molecule has 0 unspecified atom stereocenters. The van der Waals surface area contributed by atoms with Gasteiger partial charge in [0.15, 0.2) is 0 Å². The fourth-order valence-corrected chi connectivity index (χ4v) is 4.19. The van der Waals surface area contributed by atoms with Crippen molar-refractivity contribution in [2.75, 3.05) is 12.4 Å². The third-order valence-electron chi connectivity index (χ3n) is 4.47. The Hall–Kier alpha value is -3.27. The van der Waals surface area contributed by atoms with Gasteiger partial charge in [-0.05, 0) is 42.0 Å². The highest BCUT2D eigenvalue weighted by molar-refractivity contribution is 7.89. The highest BCUT2D eigenvalue weighted by Crippen LogP contribution is 2.25. The van der Waals surface area contributed by atoms with Crippen LogP contribution in [0.3, 0.4) is 0 Å². The van der Waals surface area contributed by atoms with E-state index >= 15 is 0 Å². The highest BCUT2D eigenvalue weighted by Gasteiger charge is 2.23. The number of nitrogens with one attached hydrogen (secondary N) is 1. The molecule has 3 aromatic carbocycles. The number of nitrogens with zero attached hydrogens (tertiary/aromatic N) is 2. The third-order valence-corrected chi connectivity index (χ3v) is 6.52. The van der Waals surface area contributed by atoms with E-state index < -0.39 is 26.5 Å². The molecule has 0 atom stereocenters. The van der Waals surface area contributed by atoms with Crippen molar-refractivity contribution in [3.63, 3.8) is 0 Å². The Morgan fingerprint density at radius 2 is 1.71 bits per heavy atom. The average Bonchev–Trinajstić information content (AvgIpc) is 2.74. The normalized spacial score (nSPS) is 11.3. The summed E-state index contributed by atoms with van der Waals surface area (Å²) in [5, 5.41) is 13.8. The third kappa shape index (κ3) is 5.26. The topological polar surface area (TPSA) is 110 Å². The molecule has 0 saturated heterocycles. The molecule has 31 heavy (non-hydrogen) atoms. The van der Waals surface area contributed by atoms with Crippen LogP contribution >= 0.6 is 11.6 Å². The van der Waals surface area contributed by atoms with Gasteiger partial charge >= 0.3 is 0 Å². The number of nitro groups is 1. The summed E-state index contributed by atoms with van der Waals surface area (Å²) in [6.45, 7) is 0.210. The fraction of sp³-hybridized carbons (Fsp3) is 0.0952. The Morgan fingerprint density at radius 1 is 1.06 bits per heavy atom. The molecule has 0 radical (unpaired) electrons. The van der Waals surface area contributed by atoms with E-state index in [9.17, 15) is 23.3 Å². The van der Waals surface area contributed by atoms with Crippen molar-refractivity contribution in [2.45, 2.75) is 11.4 Å². The van der Waals surface area contributed by atoms with Crippen LogP contribution in [0, 0.1) is 10.1 Å². The van der Waals surface area contributed by atoms with Gasteiger partial charge in [0.25, 0.3) is 11.6 Å². The second-order valence-corrected chi connectivity index (χ2v) is 9.13. The zero-order chi connectivity index (χ0) is 22.6. The number of halogens is 1. The number of hydrogen-bond acceptors (Lipinski definition) is 5. The van der Waals surface area contributed by atoms with Gasteiger partial charge in [0.2, 0.25) is 10.0 Å². The highest BCUT2D eigenvalue weighted by atomic mass is 35.5. The summed E-state index contributed by atoms with van der Waals surface area (Å²) < 4.78 is 26.8. The summed E-state index contributed by atoms with van der Waals surface area (Å²) in [5.74, 6) is -0.708. The molecule has 0 aliphatic carbocycles. The Morgan fingerprint density at radius 3 is 2.32 bits per heavy atom. The van der Waals surface area contributed by atoms with Gasteiger partial charge in [0.1, 0.15) is 5.56 Å². The van der Waals surface area contributed by atoms with E-state index in [4.69, 9.17) is 11.6 Å². The summed E-state index contributed by atoms with van der Waals surface area (Å²) in [4.78, 5) is 23.0. The van der Waals surface area contributed by atoms with E-state index in [1.165, 1.54) is 47.8 Å². The molecule has 8 nitrogen and oxygen atoms in total. The summed E-state index contributed by atoms with van der Waals surface area (Å²) >= 11 is 5.77. The van der Waals surface area contributed by atoms with Gasteiger partial charge in [-0.15, -0.1) is 0 Å². The lowest BCUT2D eigenvalue weighted by molar-refractivity contribution is -0.385. The molecule has 0 fully saturated rings. The van der Waals surface area contributed by atoms with E-state index in [0.29, 0.717) is 5.69 Å². The van der Waals surface area contributed by atoms with Gasteiger partial charge in [-0.3, -0.25) is 14.9 Å². The zero-order valence-corrected chi connectivity index (χ0v) is 17.9. The number of sulfonamides is 1. The van der Waals surface area contributed by atoms with Crippen molar-refractivity contribution in [3.8, 4) is 0 Å². The van der Waals surface area contributed by atoms with E-state index in [1.54, 1.807) is 0 Å². The van der Waals surface area contributed by atoms with Crippen LogP contribution in [0.25, 0.3) is 0 Å². The van der Waals surface area contributed by atoms with Gasteiger partial charge in [0, 0.05) is 30.4 Å². The summed E-state index contributed by atoms with van der Waals surface area (Å²) in [6, 6.07) is 18.5. The molecular formula is C21H18ClN3O5S. The molecule has 0 aliphatic heterocycles. The zero-order valence-electron chi connectivity index (χ0n) is 16.4. The van der Waals surface area contributed by atoms with Crippen LogP contribution in [-0.2, 0) is 16.6 Å². The van der Waals surface area contributed by atoms with Crippen molar-refractivity contribution in [1.29, 1.82) is 0 Å². The maximum Gasteiger partial charge on any atom is 0.283 e. The lowest BCUT2D eigenvalue weighted by atomic mass is 10.1. The van der Waals surface area contributed by atoms with Crippen molar-refractivity contribution in [1.82, 2.24) is 4.31 Å². The van der Waals surface area contributed by atoms with Crippen LogP contribution in [0.1, 0.15) is 15.9 Å². The number of hydrogen-bond donors (Lipinski definition) is 1. The van der Waals surface area contributed by atoms with Crippen molar-refractivity contribution < 1.29 is 18.1 Å². The number of carbonyl (C=O) groups excluding carboxylic acids is 1. The van der Waals surface area contributed by atoms with Gasteiger partial charge in [0.05, 0.1) is 9.82 Å². The van der Waals surface area contributed by atoms with Gasteiger partial charge in [-0.25, -0.2) is 8.42 Å². The van der Waals surface area contributed by atoms with E-state index in [-0.39, 0.29) is 22.0 Å². The number of nitro benzene ring substituents is 1. The first-order valence-electron chi connectivity index (χ1n) is 9.04. The van der Waals surface area contributed by atoms with Gasteiger partial charge in [-0.1, -0.05) is 41.9 Å². The first-order valence-corrected chi connectivity index (χ1v) is 10.9. The maximum absolute atomic E-state index is 12.8. The summed E-state index contributed by atoms with van der Waals surface area (Å²) in [6.07, 6.45) is 0. The van der Waals surface area contributed by atoms with Crippen molar-refractivity contribution >= 4 is 38.9 Å². The molecule has 1 amide bonds. The van der Waals surface area contributed by atoms with Crippen LogP contribution in [0.5, 0.6) is 0 Å². The molecule has 3 rings (SSSR count). The Kier molecular flexibility index (Phi) is 6.69. The molecule has 0 spiro atoms. The van der Waals surface area contributed by atoms with Gasteiger partial charge in [-0.2, -0.15) is 4.31 Å². The van der Waals surface area contributed by atoms with Crippen LogP contribution in [0.15, 0.2) is 77.7 Å². The molecule has 160 valence electrons. The quantitative estimate of drug-likeness (QED) is 0.418. The lowest BCUT2D eigenvalue weighted by Crippen LogP contribution is -2.26. The predicted octanol–water partition coefficient (Wildman–Crippen LogP) is 4.32. The molecule has 3 aromatic rings. The first kappa shape index (κ1) is 22.4. The largest absolute Gasteiger partial charge is 0.322 e. The molecule has 10 heteroatoms. The van der Waals surface area contributed by atoms with Crippen LogP contribution in [-0.4, -0.2) is 30.6 Å². The van der Waals surface area contributed by atoms with Crippen LogP contribution < -0.4 is 5.32 Å². The molecule has 0 saturated carbocycles. The second-order valence-electron chi connectivity index (χ2n) is 6.64. The minimum Gasteiger partial charge on any atom is -0.322 e. The smallest absolute Gasteiger partial charge is 0.283 e. The minimum atomic E-state index is -3.74. The molecule has 0 aromatic heterocycles.